The van der Waals surface area contributed by atoms with Crippen LogP contribution in [0.25, 0.3) is 16.2 Å². The molecule has 1 aromatic carbocycles. The van der Waals surface area contributed by atoms with E-state index in [0.29, 0.717) is 5.95 Å². The molecule has 0 fully saturated rings. The van der Waals surface area contributed by atoms with Gasteiger partial charge in [-0.3, -0.25) is 0 Å². The predicted octanol–water partition coefficient (Wildman–Crippen LogP) is 5.67. The van der Waals surface area contributed by atoms with Gasteiger partial charge >= 0.3 is 0 Å². The molecule has 5 nitrogen and oxygen atoms in total. The second-order valence-corrected chi connectivity index (χ2v) is 9.74. The van der Waals surface area contributed by atoms with Gasteiger partial charge in [0.15, 0.2) is 0 Å². The van der Waals surface area contributed by atoms with Crippen molar-refractivity contribution < 1.29 is 4.74 Å². The Morgan fingerprint density at radius 1 is 1.10 bits per heavy atom. The van der Waals surface area contributed by atoms with E-state index in [4.69, 9.17) is 14.7 Å². The maximum absolute atomic E-state index is 5.28. The van der Waals surface area contributed by atoms with Crippen LogP contribution in [0.15, 0.2) is 35.4 Å². The van der Waals surface area contributed by atoms with Gasteiger partial charge < -0.3 is 4.74 Å². The monoisotopic (exact) mass is 436 g/mol. The Balaban J connectivity index is 1.58. The zero-order valence-electron chi connectivity index (χ0n) is 17.4. The first-order chi connectivity index (χ1) is 14.6. The minimum atomic E-state index is 0.670. The molecule has 0 N–H and O–H groups in total. The highest BCUT2D eigenvalue weighted by Gasteiger charge is 2.22. The molecule has 4 aromatic rings. The lowest BCUT2D eigenvalue weighted by atomic mass is 9.97. The van der Waals surface area contributed by atoms with Crippen molar-refractivity contribution in [3.8, 4) is 11.7 Å². The molecule has 0 aliphatic heterocycles. The minimum absolute atomic E-state index is 0.670. The highest BCUT2D eigenvalue weighted by atomic mass is 32.2. The van der Waals surface area contributed by atoms with E-state index >= 15 is 0 Å². The van der Waals surface area contributed by atoms with E-state index in [0.717, 1.165) is 45.6 Å². The summed E-state index contributed by atoms with van der Waals surface area (Å²) in [4.78, 5) is 12.5. The average molecular weight is 437 g/mol. The molecule has 0 saturated heterocycles. The smallest absolute Gasteiger partial charge is 0.253 e. The van der Waals surface area contributed by atoms with E-state index < -0.39 is 0 Å². The van der Waals surface area contributed by atoms with Crippen molar-refractivity contribution in [1.29, 1.82) is 0 Å². The molecule has 5 rings (SSSR count). The van der Waals surface area contributed by atoms with Gasteiger partial charge in [0.05, 0.1) is 12.8 Å². The zero-order valence-corrected chi connectivity index (χ0v) is 19.1. The molecular weight excluding hydrogens is 412 g/mol. The first kappa shape index (κ1) is 19.6. The lowest BCUT2D eigenvalue weighted by molar-refractivity contribution is 0.414. The molecule has 0 amide bonds. The van der Waals surface area contributed by atoms with Crippen molar-refractivity contribution >= 4 is 33.3 Å². The summed E-state index contributed by atoms with van der Waals surface area (Å²) in [5.41, 5.74) is 4.76. The van der Waals surface area contributed by atoms with Crippen molar-refractivity contribution in [1.82, 2.24) is 19.7 Å². The lowest BCUT2D eigenvalue weighted by Crippen LogP contribution is -2.06. The van der Waals surface area contributed by atoms with Crippen molar-refractivity contribution in [2.75, 3.05) is 7.11 Å². The number of thiophene rings is 1. The second kappa shape index (κ2) is 8.04. The summed E-state index contributed by atoms with van der Waals surface area (Å²) >= 11 is 3.63. The van der Waals surface area contributed by atoms with E-state index in [2.05, 4.69) is 30.2 Å². The Morgan fingerprint density at radius 3 is 2.63 bits per heavy atom. The molecule has 154 valence electrons. The van der Waals surface area contributed by atoms with Gasteiger partial charge in [-0.25, -0.2) is 9.67 Å². The third kappa shape index (κ3) is 3.61. The molecule has 0 saturated carbocycles. The number of methoxy groups -OCH3 is 1. The Morgan fingerprint density at radius 2 is 1.90 bits per heavy atom. The fourth-order valence-corrected chi connectivity index (χ4v) is 6.34. The molecule has 1 aliphatic rings. The lowest BCUT2D eigenvalue weighted by Gasteiger charge is -2.12. The van der Waals surface area contributed by atoms with Crippen molar-refractivity contribution in [3.63, 3.8) is 0 Å². The zero-order chi connectivity index (χ0) is 20.7. The van der Waals surface area contributed by atoms with Crippen LogP contribution in [0.2, 0.25) is 0 Å². The summed E-state index contributed by atoms with van der Waals surface area (Å²) in [6.07, 6.45) is 4.81. The molecule has 3 heterocycles. The van der Waals surface area contributed by atoms with Gasteiger partial charge in [0.2, 0.25) is 0 Å². The van der Waals surface area contributed by atoms with E-state index in [9.17, 15) is 0 Å². The molecule has 30 heavy (non-hydrogen) atoms. The Bertz CT molecular complexity index is 1210. The van der Waals surface area contributed by atoms with Crippen LogP contribution in [-0.4, -0.2) is 26.9 Å². The summed E-state index contributed by atoms with van der Waals surface area (Å²) in [5.74, 6) is 2.41. The van der Waals surface area contributed by atoms with Crippen LogP contribution >= 0.6 is 23.1 Å². The van der Waals surface area contributed by atoms with Crippen molar-refractivity contribution in [2.45, 2.75) is 50.3 Å². The van der Waals surface area contributed by atoms with E-state index in [1.54, 1.807) is 18.9 Å². The highest BCUT2D eigenvalue weighted by molar-refractivity contribution is 7.98. The van der Waals surface area contributed by atoms with Crippen LogP contribution in [0.5, 0.6) is 5.75 Å². The summed E-state index contributed by atoms with van der Waals surface area (Å²) in [6, 6.07) is 10.3. The SMILES string of the molecule is COc1ccc(CSc2nc(-n3nc(C)cc3C)nc3sc4c(c23)CCCC4)cc1. The van der Waals surface area contributed by atoms with E-state index in [-0.39, 0.29) is 0 Å². The standard InChI is InChI=1S/C23H24N4OS2/c1-14-12-15(2)27(26-14)23-24-21(29-13-16-8-10-17(28-3)11-9-16)20-18-6-4-5-7-19(18)30-22(20)25-23/h8-12H,4-7,13H2,1-3H3. The maximum atomic E-state index is 5.28. The average Bonchev–Trinajstić information content (AvgIpc) is 3.31. The van der Waals surface area contributed by atoms with Crippen molar-refractivity contribution in [2.24, 2.45) is 0 Å². The number of thioether (sulfide) groups is 1. The first-order valence-electron chi connectivity index (χ1n) is 10.2. The highest BCUT2D eigenvalue weighted by Crippen LogP contribution is 2.40. The van der Waals surface area contributed by atoms with Gasteiger partial charge in [-0.2, -0.15) is 10.1 Å². The van der Waals surface area contributed by atoms with Gasteiger partial charge in [0.25, 0.3) is 5.95 Å². The first-order valence-corrected chi connectivity index (χ1v) is 12.0. The normalized spacial score (nSPS) is 13.6. The second-order valence-electron chi connectivity index (χ2n) is 7.70. The molecular formula is C23H24N4OS2. The summed E-state index contributed by atoms with van der Waals surface area (Å²) in [5, 5.41) is 6.95. The fourth-order valence-electron chi connectivity index (χ4n) is 4.02. The quantitative estimate of drug-likeness (QED) is 0.298. The van der Waals surface area contributed by atoms with Gasteiger partial charge in [0.1, 0.15) is 15.6 Å². The van der Waals surface area contributed by atoms with Crippen LogP contribution in [0, 0.1) is 13.8 Å². The minimum Gasteiger partial charge on any atom is -0.497 e. The molecule has 3 aromatic heterocycles. The summed E-state index contributed by atoms with van der Waals surface area (Å²) in [6.45, 7) is 4.06. The fraction of sp³-hybridized carbons (Fsp3) is 0.348. The maximum Gasteiger partial charge on any atom is 0.253 e. The molecule has 0 spiro atoms. The number of nitrogens with zero attached hydrogens (tertiary/aromatic N) is 4. The van der Waals surface area contributed by atoms with Gasteiger partial charge in [-0.05, 0) is 68.9 Å². The topological polar surface area (TPSA) is 52.8 Å². The van der Waals surface area contributed by atoms with E-state index in [1.807, 2.05) is 35.1 Å². The van der Waals surface area contributed by atoms with Crippen LogP contribution in [0.1, 0.15) is 40.2 Å². The predicted molar refractivity (Wildman–Crippen MR) is 123 cm³/mol. The Hall–Kier alpha value is -2.38. The Kier molecular flexibility index (Phi) is 5.25. The number of aromatic nitrogens is 4. The number of rotatable bonds is 5. The van der Waals surface area contributed by atoms with Gasteiger partial charge in [0, 0.05) is 21.7 Å². The number of ether oxygens (including phenoxy) is 1. The van der Waals surface area contributed by atoms with Crippen LogP contribution in [-0.2, 0) is 18.6 Å². The third-order valence-electron chi connectivity index (χ3n) is 5.50. The number of benzene rings is 1. The summed E-state index contributed by atoms with van der Waals surface area (Å²) < 4.78 is 7.15. The van der Waals surface area contributed by atoms with Crippen LogP contribution in [0.4, 0.5) is 0 Å². The Labute approximate surface area is 184 Å². The molecule has 0 bridgehead atoms. The largest absolute Gasteiger partial charge is 0.497 e. The van der Waals surface area contributed by atoms with E-state index in [1.165, 1.54) is 34.2 Å². The molecule has 0 radical (unpaired) electrons. The number of hydrogen-bond donors (Lipinski definition) is 0. The number of hydrogen-bond acceptors (Lipinski definition) is 6. The summed E-state index contributed by atoms with van der Waals surface area (Å²) in [7, 11) is 1.70. The van der Waals surface area contributed by atoms with Crippen LogP contribution in [0.3, 0.4) is 0 Å². The molecule has 0 atom stereocenters. The number of aryl methyl sites for hydroxylation is 4. The third-order valence-corrected chi connectivity index (χ3v) is 7.74. The van der Waals surface area contributed by atoms with Crippen molar-refractivity contribution in [3.05, 3.63) is 57.7 Å². The van der Waals surface area contributed by atoms with Crippen LogP contribution < -0.4 is 4.74 Å². The molecule has 1 aliphatic carbocycles. The van der Waals surface area contributed by atoms with Gasteiger partial charge in [-0.1, -0.05) is 12.1 Å². The van der Waals surface area contributed by atoms with Gasteiger partial charge in [-0.15, -0.1) is 23.1 Å². The molecule has 7 heteroatoms. The molecule has 0 unspecified atom stereocenters. The number of fused-ring (bicyclic) bond motifs is 3.